The third-order valence-corrected chi connectivity index (χ3v) is 11.0. The lowest BCUT2D eigenvalue weighted by Gasteiger charge is -2.61. The van der Waals surface area contributed by atoms with Crippen LogP contribution in [-0.4, -0.2) is 68.5 Å². The maximum absolute atomic E-state index is 17.2. The summed E-state index contributed by atoms with van der Waals surface area (Å²) in [7, 11) is 0. The van der Waals surface area contributed by atoms with Crippen LogP contribution in [0.4, 0.5) is 4.39 Å². The Labute approximate surface area is 244 Å². The van der Waals surface area contributed by atoms with Crippen LogP contribution < -0.4 is 11.1 Å². The Hall–Kier alpha value is -3.18. The molecule has 10 nitrogen and oxygen atoms in total. The number of aromatic nitrogens is 2. The molecular weight excluding hydrogens is 543 g/mol. The summed E-state index contributed by atoms with van der Waals surface area (Å²) in [5.74, 6) is -3.34. The predicted octanol–water partition coefficient (Wildman–Crippen LogP) is 2.27. The van der Waals surface area contributed by atoms with Crippen molar-refractivity contribution in [1.82, 2.24) is 15.3 Å². The van der Waals surface area contributed by atoms with Gasteiger partial charge in [0.05, 0.1) is 12.4 Å². The van der Waals surface area contributed by atoms with Crippen LogP contribution in [0.5, 0.6) is 0 Å². The smallest absolute Gasteiger partial charge is 0.329 e. The van der Waals surface area contributed by atoms with Gasteiger partial charge in [-0.15, -0.1) is 0 Å². The van der Waals surface area contributed by atoms with Crippen molar-refractivity contribution in [2.75, 3.05) is 6.61 Å². The molecule has 3 saturated carbocycles. The number of aromatic amines is 1. The van der Waals surface area contributed by atoms with E-state index in [0.717, 1.165) is 5.57 Å². The molecule has 0 aliphatic heterocycles. The summed E-state index contributed by atoms with van der Waals surface area (Å²) in [6.07, 6.45) is 9.67. The van der Waals surface area contributed by atoms with Crippen LogP contribution in [0.2, 0.25) is 0 Å². The van der Waals surface area contributed by atoms with Gasteiger partial charge in [-0.05, 0) is 75.9 Å². The summed E-state index contributed by atoms with van der Waals surface area (Å²) in [4.78, 5) is 58.0. The van der Waals surface area contributed by atoms with Crippen LogP contribution in [0.15, 0.2) is 36.3 Å². The number of fused-ring (bicyclic) bond motifs is 5. The van der Waals surface area contributed by atoms with Crippen LogP contribution in [0, 0.1) is 28.6 Å². The number of ketones is 2. The SMILES string of the molecule is CC(N)C(=O)NC(Cc1cnc[nH]1)C(=O)OCC(=O)[C@@]1(O)[C@@H](C)C[C@H]2[C@@H]3CCC4=CC(=O)C=C[C@]4(C)[C@@]3(F)CC[C@@]21C. The Bertz CT molecular complexity index is 1340. The molecule has 4 aliphatic rings. The van der Waals surface area contributed by atoms with Gasteiger partial charge in [-0.25, -0.2) is 14.2 Å². The van der Waals surface area contributed by atoms with Crippen molar-refractivity contribution in [2.45, 2.75) is 89.6 Å². The van der Waals surface area contributed by atoms with Gasteiger partial charge in [-0.1, -0.05) is 25.5 Å². The van der Waals surface area contributed by atoms with Gasteiger partial charge in [0.2, 0.25) is 11.7 Å². The topological polar surface area (TPSA) is 164 Å². The van der Waals surface area contributed by atoms with Crippen LogP contribution >= 0.6 is 0 Å². The first kappa shape index (κ1) is 30.3. The highest BCUT2D eigenvalue weighted by molar-refractivity contribution is 6.01. The second kappa shape index (κ2) is 10.5. The number of hydrogen-bond donors (Lipinski definition) is 4. The van der Waals surface area contributed by atoms with Crippen molar-refractivity contribution >= 4 is 23.4 Å². The number of carbonyl (C=O) groups excluding carboxylic acids is 4. The number of hydrogen-bond acceptors (Lipinski definition) is 8. The predicted molar refractivity (Wildman–Crippen MR) is 150 cm³/mol. The highest BCUT2D eigenvalue weighted by Crippen LogP contribution is 2.70. The molecule has 228 valence electrons. The Morgan fingerprint density at radius 1 is 1.29 bits per heavy atom. The monoisotopic (exact) mass is 584 g/mol. The molecule has 4 aliphatic carbocycles. The van der Waals surface area contributed by atoms with Gasteiger partial charge in [0.15, 0.2) is 12.4 Å². The minimum atomic E-state index is -1.83. The van der Waals surface area contributed by atoms with E-state index in [4.69, 9.17) is 10.5 Å². The minimum Gasteiger partial charge on any atom is -0.456 e. The fourth-order valence-electron chi connectivity index (χ4n) is 8.49. The molecular formula is C31H41FN4O6. The van der Waals surface area contributed by atoms with E-state index in [1.165, 1.54) is 25.5 Å². The lowest BCUT2D eigenvalue weighted by atomic mass is 9.45. The number of allylic oxidation sites excluding steroid dienone is 4. The number of nitrogens with one attached hydrogen (secondary N) is 2. The molecule has 5 N–H and O–H groups in total. The fraction of sp³-hybridized carbons (Fsp3) is 0.645. The summed E-state index contributed by atoms with van der Waals surface area (Å²) in [6.45, 7) is 6.31. The van der Waals surface area contributed by atoms with Crippen molar-refractivity contribution in [2.24, 2.45) is 34.3 Å². The summed E-state index contributed by atoms with van der Waals surface area (Å²) in [5.41, 5.74) is 1.75. The molecule has 9 atom stereocenters. The Kier molecular flexibility index (Phi) is 7.58. The van der Waals surface area contributed by atoms with E-state index in [-0.39, 0.29) is 31.0 Å². The number of nitrogens with two attached hydrogens (primary N) is 1. The van der Waals surface area contributed by atoms with Crippen molar-refractivity contribution in [3.8, 4) is 0 Å². The number of aliphatic hydroxyl groups is 1. The van der Waals surface area contributed by atoms with Crippen LogP contribution in [-0.2, 0) is 30.3 Å². The largest absolute Gasteiger partial charge is 0.456 e. The number of H-pyrrole nitrogens is 1. The molecule has 11 heteroatoms. The summed E-state index contributed by atoms with van der Waals surface area (Å²) >= 11 is 0. The maximum atomic E-state index is 17.2. The first-order valence-corrected chi connectivity index (χ1v) is 14.8. The number of Topliss-reactive ketones (excluding diaryl/α,β-unsaturated/α-hetero) is 1. The third-order valence-electron chi connectivity index (χ3n) is 11.0. The molecule has 1 aromatic rings. The van der Waals surface area contributed by atoms with E-state index in [1.807, 2.05) is 13.8 Å². The van der Waals surface area contributed by atoms with E-state index in [1.54, 1.807) is 19.1 Å². The molecule has 0 radical (unpaired) electrons. The zero-order chi connectivity index (χ0) is 30.7. The highest BCUT2D eigenvalue weighted by atomic mass is 19.1. The molecule has 1 aromatic heterocycles. The van der Waals surface area contributed by atoms with Gasteiger partial charge < -0.3 is 25.9 Å². The quantitative estimate of drug-likeness (QED) is 0.338. The van der Waals surface area contributed by atoms with Crippen molar-refractivity contribution in [3.63, 3.8) is 0 Å². The molecule has 0 bridgehead atoms. The average molecular weight is 585 g/mol. The van der Waals surface area contributed by atoms with Crippen LogP contribution in [0.1, 0.15) is 65.5 Å². The minimum absolute atomic E-state index is 0.0431. The zero-order valence-electron chi connectivity index (χ0n) is 24.6. The van der Waals surface area contributed by atoms with Gasteiger partial charge in [-0.3, -0.25) is 14.4 Å². The Morgan fingerprint density at radius 3 is 2.69 bits per heavy atom. The van der Waals surface area contributed by atoms with E-state index >= 15 is 4.39 Å². The van der Waals surface area contributed by atoms with Crippen molar-refractivity contribution < 1.29 is 33.4 Å². The van der Waals surface area contributed by atoms with Gasteiger partial charge in [-0.2, -0.15) is 0 Å². The second-order valence-corrected chi connectivity index (χ2v) is 13.2. The number of imidazole rings is 1. The molecule has 5 rings (SSSR count). The third kappa shape index (κ3) is 4.47. The van der Waals surface area contributed by atoms with Crippen molar-refractivity contribution in [1.29, 1.82) is 0 Å². The maximum Gasteiger partial charge on any atom is 0.329 e. The molecule has 0 saturated heterocycles. The number of halogens is 1. The summed E-state index contributed by atoms with van der Waals surface area (Å²) < 4.78 is 22.6. The average Bonchev–Trinajstić information content (AvgIpc) is 3.53. The highest BCUT2D eigenvalue weighted by Gasteiger charge is 2.72. The van der Waals surface area contributed by atoms with Crippen molar-refractivity contribution in [3.05, 3.63) is 42.0 Å². The van der Waals surface area contributed by atoms with Gasteiger partial charge >= 0.3 is 5.97 Å². The lowest BCUT2D eigenvalue weighted by Crippen LogP contribution is -2.64. The Morgan fingerprint density at radius 2 is 2.02 bits per heavy atom. The van der Waals surface area contributed by atoms with E-state index in [2.05, 4.69) is 15.3 Å². The van der Waals surface area contributed by atoms with Crippen LogP contribution in [0.25, 0.3) is 0 Å². The first-order valence-electron chi connectivity index (χ1n) is 14.8. The normalized spacial score (nSPS) is 38.4. The number of rotatable bonds is 8. The number of carbonyl (C=O) groups is 4. The van der Waals surface area contributed by atoms with E-state index in [0.29, 0.717) is 25.0 Å². The zero-order valence-corrected chi connectivity index (χ0v) is 24.6. The molecule has 1 amide bonds. The number of amides is 1. The number of nitrogens with zero attached hydrogens (tertiary/aromatic N) is 1. The molecule has 3 fully saturated rings. The van der Waals surface area contributed by atoms with Crippen LogP contribution in [0.3, 0.4) is 0 Å². The summed E-state index contributed by atoms with van der Waals surface area (Å²) in [6, 6.07) is -1.99. The van der Waals surface area contributed by atoms with Gasteiger partial charge in [0, 0.05) is 29.1 Å². The van der Waals surface area contributed by atoms with Gasteiger partial charge in [0.1, 0.15) is 17.3 Å². The standard InChI is InChI=1S/C31H41FN4O6/c1-17-11-23-22-6-5-19-12-21(37)7-8-28(19,3)30(22,32)10-9-29(23,4)31(17,41)25(38)15-42-27(40)24(36-26(39)18(2)33)13-20-14-34-16-35-20/h7-8,12,14,16-18,22-24,41H,5-6,9-11,13,15,33H2,1-4H3,(H,34,35)(H,36,39)/t17-,18?,22-,23-,24?,28-,29-,30+,31-/m0/s1. The Balaban J connectivity index is 1.34. The number of ether oxygens (including phenoxy) is 1. The molecule has 0 aromatic carbocycles. The summed E-state index contributed by atoms with van der Waals surface area (Å²) in [5, 5.41) is 14.7. The lowest BCUT2D eigenvalue weighted by molar-refractivity contribution is -0.185. The fourth-order valence-corrected chi connectivity index (χ4v) is 8.49. The second-order valence-electron chi connectivity index (χ2n) is 13.2. The molecule has 1 heterocycles. The van der Waals surface area contributed by atoms with Gasteiger partial charge in [0.25, 0.3) is 0 Å². The molecule has 2 unspecified atom stereocenters. The van der Waals surface area contributed by atoms with E-state index in [9.17, 15) is 24.3 Å². The molecule has 0 spiro atoms. The molecule has 42 heavy (non-hydrogen) atoms. The first-order chi connectivity index (χ1) is 19.7. The van der Waals surface area contributed by atoms with E-state index < -0.39 is 70.3 Å². The number of esters is 1. The number of alkyl halides is 1.